The van der Waals surface area contributed by atoms with Crippen molar-refractivity contribution in [1.82, 2.24) is 15.1 Å². The van der Waals surface area contributed by atoms with Gasteiger partial charge in [0.1, 0.15) is 0 Å². The van der Waals surface area contributed by atoms with E-state index in [1.807, 2.05) is 16.8 Å². The van der Waals surface area contributed by atoms with Gasteiger partial charge in [-0.05, 0) is 41.6 Å². The average Bonchev–Trinajstić information content (AvgIpc) is 3.17. The van der Waals surface area contributed by atoms with Crippen LogP contribution in [0.1, 0.15) is 27.5 Å². The van der Waals surface area contributed by atoms with Crippen molar-refractivity contribution in [3.63, 3.8) is 0 Å². The van der Waals surface area contributed by atoms with Gasteiger partial charge in [-0.2, -0.15) is 24.5 Å². The van der Waals surface area contributed by atoms with Gasteiger partial charge in [-0.1, -0.05) is 12.1 Å². The van der Waals surface area contributed by atoms with Crippen LogP contribution in [0.15, 0.2) is 41.1 Å². The molecule has 3 rings (SSSR count). The third-order valence-electron chi connectivity index (χ3n) is 4.84. The van der Waals surface area contributed by atoms with Gasteiger partial charge in [0.2, 0.25) is 0 Å². The van der Waals surface area contributed by atoms with Crippen LogP contribution in [0, 0.1) is 0 Å². The molecule has 0 spiro atoms. The number of piperazine rings is 1. The zero-order valence-corrected chi connectivity index (χ0v) is 15.8. The Morgan fingerprint density at radius 2 is 1.89 bits per heavy atom. The largest absolute Gasteiger partial charge is 0.417 e. The summed E-state index contributed by atoms with van der Waals surface area (Å²) in [5.41, 5.74) is -0.171. The normalized spacial score (nSPS) is 17.6. The van der Waals surface area contributed by atoms with Gasteiger partial charge in [-0.25, -0.2) is 0 Å². The Bertz CT molecular complexity index is 756. The second-order valence-corrected chi connectivity index (χ2v) is 7.45. The second kappa shape index (κ2) is 8.41. The number of thiophene rings is 1. The van der Waals surface area contributed by atoms with Crippen LogP contribution in [0.4, 0.5) is 13.2 Å². The van der Waals surface area contributed by atoms with Crippen molar-refractivity contribution < 1.29 is 18.0 Å². The third kappa shape index (κ3) is 4.88. The summed E-state index contributed by atoms with van der Waals surface area (Å²) in [6.45, 7) is 3.82. The zero-order valence-electron chi connectivity index (χ0n) is 15.0. The van der Waals surface area contributed by atoms with Gasteiger partial charge < -0.3 is 10.2 Å². The van der Waals surface area contributed by atoms with Crippen LogP contribution in [0.5, 0.6) is 0 Å². The molecule has 1 aliphatic rings. The van der Waals surface area contributed by atoms with Crippen molar-refractivity contribution in [3.05, 3.63) is 57.8 Å². The molecule has 1 aromatic carbocycles. The van der Waals surface area contributed by atoms with E-state index >= 15 is 0 Å². The molecule has 2 heterocycles. The van der Waals surface area contributed by atoms with Crippen molar-refractivity contribution in [1.29, 1.82) is 0 Å². The first-order valence-electron chi connectivity index (χ1n) is 8.75. The summed E-state index contributed by atoms with van der Waals surface area (Å²) in [5, 5.41) is 6.72. The molecule has 0 aliphatic carbocycles. The van der Waals surface area contributed by atoms with Gasteiger partial charge in [-0.15, -0.1) is 0 Å². The van der Waals surface area contributed by atoms with Crippen LogP contribution in [-0.4, -0.2) is 55.5 Å². The van der Waals surface area contributed by atoms with E-state index in [2.05, 4.69) is 22.2 Å². The van der Waals surface area contributed by atoms with Gasteiger partial charge in [-0.3, -0.25) is 9.69 Å². The third-order valence-corrected chi connectivity index (χ3v) is 5.54. The number of likely N-dealkylation sites (N-methyl/N-ethyl adjacent to an activating group) is 1. The summed E-state index contributed by atoms with van der Waals surface area (Å²) >= 11 is 1.57. The molecule has 0 unspecified atom stereocenters. The minimum Gasteiger partial charge on any atom is -0.350 e. The average molecular weight is 397 g/mol. The summed E-state index contributed by atoms with van der Waals surface area (Å²) in [5.74, 6) is -0.697. The molecule has 1 fully saturated rings. The fourth-order valence-corrected chi connectivity index (χ4v) is 3.98. The number of hydrogen-bond donors (Lipinski definition) is 1. The molecule has 1 aromatic heterocycles. The predicted molar refractivity (Wildman–Crippen MR) is 99.9 cm³/mol. The SMILES string of the molecule is CN1CCN([C@@H](CNC(=O)c2ccccc2C(F)(F)F)c2ccsc2)CC1. The molecule has 0 saturated carbocycles. The highest BCUT2D eigenvalue weighted by Crippen LogP contribution is 2.32. The summed E-state index contributed by atoms with van der Waals surface area (Å²) in [4.78, 5) is 17.0. The maximum atomic E-state index is 13.2. The van der Waals surface area contributed by atoms with Crippen LogP contribution < -0.4 is 5.32 Å². The van der Waals surface area contributed by atoms with Gasteiger partial charge >= 0.3 is 6.18 Å². The van der Waals surface area contributed by atoms with Crippen molar-refractivity contribution >= 4 is 17.2 Å². The molecule has 0 radical (unpaired) electrons. The van der Waals surface area contributed by atoms with E-state index in [-0.39, 0.29) is 18.2 Å². The van der Waals surface area contributed by atoms with E-state index in [0.717, 1.165) is 37.8 Å². The monoisotopic (exact) mass is 397 g/mol. The molecular formula is C19H22F3N3OS. The molecule has 1 amide bonds. The highest BCUT2D eigenvalue weighted by Gasteiger charge is 2.35. The molecule has 2 aromatic rings. The minimum absolute atomic E-state index is 0.0491. The molecular weight excluding hydrogens is 375 g/mol. The standard InChI is InChI=1S/C19H22F3N3OS/c1-24-7-9-25(10-8-24)17(14-6-11-27-13-14)12-23-18(26)15-4-2-3-5-16(15)19(20,21)22/h2-6,11,13,17H,7-10,12H2,1H3,(H,23,26)/t17-/m0/s1. The number of halogens is 3. The topological polar surface area (TPSA) is 35.6 Å². The van der Waals surface area contributed by atoms with E-state index in [9.17, 15) is 18.0 Å². The molecule has 1 atom stereocenters. The molecule has 0 bridgehead atoms. The maximum Gasteiger partial charge on any atom is 0.417 e. The van der Waals surface area contributed by atoms with Gasteiger partial charge in [0.15, 0.2) is 0 Å². The first kappa shape index (κ1) is 19.9. The number of nitrogens with one attached hydrogen (secondary N) is 1. The van der Waals surface area contributed by atoms with Gasteiger partial charge in [0.25, 0.3) is 5.91 Å². The van der Waals surface area contributed by atoms with Crippen LogP contribution in [0.2, 0.25) is 0 Å². The Kier molecular flexibility index (Phi) is 6.18. The lowest BCUT2D eigenvalue weighted by molar-refractivity contribution is -0.137. The number of benzene rings is 1. The van der Waals surface area contributed by atoms with Crippen LogP contribution in [-0.2, 0) is 6.18 Å². The maximum absolute atomic E-state index is 13.2. The van der Waals surface area contributed by atoms with Crippen molar-refractivity contribution in [2.45, 2.75) is 12.2 Å². The number of amides is 1. The second-order valence-electron chi connectivity index (χ2n) is 6.67. The van der Waals surface area contributed by atoms with E-state index in [0.29, 0.717) is 0 Å². The van der Waals surface area contributed by atoms with E-state index in [4.69, 9.17) is 0 Å². The Morgan fingerprint density at radius 3 is 2.52 bits per heavy atom. The first-order chi connectivity index (χ1) is 12.9. The van der Waals surface area contributed by atoms with E-state index in [1.165, 1.54) is 18.2 Å². The van der Waals surface area contributed by atoms with Gasteiger partial charge in [0, 0.05) is 32.7 Å². The Morgan fingerprint density at radius 1 is 1.19 bits per heavy atom. The fourth-order valence-electron chi connectivity index (χ4n) is 3.27. The molecule has 4 nitrogen and oxygen atoms in total. The lowest BCUT2D eigenvalue weighted by Gasteiger charge is -2.38. The number of hydrogen-bond acceptors (Lipinski definition) is 4. The Labute approximate surface area is 160 Å². The van der Waals surface area contributed by atoms with Crippen LogP contribution in [0.3, 0.4) is 0 Å². The molecule has 1 saturated heterocycles. The van der Waals surface area contributed by atoms with Crippen molar-refractivity contribution in [3.8, 4) is 0 Å². The van der Waals surface area contributed by atoms with Crippen LogP contribution in [0.25, 0.3) is 0 Å². The minimum atomic E-state index is -4.56. The van der Waals surface area contributed by atoms with Crippen molar-refractivity contribution in [2.24, 2.45) is 0 Å². The molecule has 1 aliphatic heterocycles. The summed E-state index contributed by atoms with van der Waals surface area (Å²) < 4.78 is 39.5. The summed E-state index contributed by atoms with van der Waals surface area (Å²) in [6, 6.07) is 6.84. The van der Waals surface area contributed by atoms with E-state index < -0.39 is 17.6 Å². The predicted octanol–water partition coefficient (Wildman–Crippen LogP) is 3.49. The zero-order chi connectivity index (χ0) is 19.4. The quantitative estimate of drug-likeness (QED) is 0.839. The Balaban J connectivity index is 1.74. The highest BCUT2D eigenvalue weighted by molar-refractivity contribution is 7.07. The number of carbonyl (C=O) groups excluding carboxylic acids is 1. The number of rotatable bonds is 5. The lowest BCUT2D eigenvalue weighted by atomic mass is 10.1. The van der Waals surface area contributed by atoms with Gasteiger partial charge in [0.05, 0.1) is 17.2 Å². The number of alkyl halides is 3. The molecule has 1 N–H and O–H groups in total. The first-order valence-corrected chi connectivity index (χ1v) is 9.69. The van der Waals surface area contributed by atoms with E-state index in [1.54, 1.807) is 11.3 Å². The highest BCUT2D eigenvalue weighted by atomic mass is 32.1. The molecule has 8 heteroatoms. The number of nitrogens with zero attached hydrogens (tertiary/aromatic N) is 2. The Hall–Kier alpha value is -1.90. The summed E-state index contributed by atoms with van der Waals surface area (Å²) in [6.07, 6.45) is -4.56. The smallest absolute Gasteiger partial charge is 0.350 e. The van der Waals surface area contributed by atoms with Crippen molar-refractivity contribution in [2.75, 3.05) is 39.8 Å². The number of carbonyl (C=O) groups is 1. The van der Waals surface area contributed by atoms with Crippen LogP contribution >= 0.6 is 11.3 Å². The lowest BCUT2D eigenvalue weighted by Crippen LogP contribution is -2.48. The fraction of sp³-hybridized carbons (Fsp3) is 0.421. The molecule has 146 valence electrons. The summed E-state index contributed by atoms with van der Waals surface area (Å²) in [7, 11) is 2.06. The molecule has 27 heavy (non-hydrogen) atoms.